The molecule has 0 spiro atoms. The second-order valence-corrected chi connectivity index (χ2v) is 4.18. The Balaban J connectivity index is 2.13. The number of hydrogen-bond acceptors (Lipinski definition) is 6. The minimum Gasteiger partial charge on any atom is -0.489 e. The zero-order valence-corrected chi connectivity index (χ0v) is 10.9. The maximum absolute atomic E-state index is 10.8. The van der Waals surface area contributed by atoms with Gasteiger partial charge < -0.3 is 10.2 Å². The van der Waals surface area contributed by atoms with Gasteiger partial charge in [-0.05, 0) is 35.9 Å². The van der Waals surface area contributed by atoms with Crippen molar-refractivity contribution >= 4 is 11.4 Å². The van der Waals surface area contributed by atoms with Crippen molar-refractivity contribution in [3.8, 4) is 11.8 Å². The topological polar surface area (TPSA) is 114 Å². The molecule has 0 saturated heterocycles. The molecule has 106 valence electrons. The fraction of sp³-hybridized carbons (Fsp3) is 0.0714. The predicted molar refractivity (Wildman–Crippen MR) is 76.4 cm³/mol. The van der Waals surface area contributed by atoms with Crippen LogP contribution in [0.1, 0.15) is 11.1 Å². The summed E-state index contributed by atoms with van der Waals surface area (Å²) in [5.74, 6) is 5.82. The van der Waals surface area contributed by atoms with Gasteiger partial charge in [-0.3, -0.25) is 16.0 Å². The summed E-state index contributed by atoms with van der Waals surface area (Å²) in [6.45, 7) is 0.210. The zero-order valence-electron chi connectivity index (χ0n) is 10.9. The van der Waals surface area contributed by atoms with Crippen LogP contribution in [0.5, 0.6) is 5.75 Å². The highest BCUT2D eigenvalue weighted by molar-refractivity contribution is 5.62. The summed E-state index contributed by atoms with van der Waals surface area (Å²) in [7, 11) is 0. The Morgan fingerprint density at radius 1 is 1.33 bits per heavy atom. The molecule has 21 heavy (non-hydrogen) atoms. The molecule has 0 unspecified atom stereocenters. The minimum absolute atomic E-state index is 0.104. The van der Waals surface area contributed by atoms with Crippen molar-refractivity contribution in [1.29, 1.82) is 5.26 Å². The molecule has 0 amide bonds. The Labute approximate surface area is 120 Å². The molecule has 0 aliphatic carbocycles. The van der Waals surface area contributed by atoms with Gasteiger partial charge in [0, 0.05) is 6.07 Å². The summed E-state index contributed by atoms with van der Waals surface area (Å²) in [5, 5.41) is 19.6. The third kappa shape index (κ3) is 3.46. The second-order valence-electron chi connectivity index (χ2n) is 4.18. The number of benzene rings is 2. The van der Waals surface area contributed by atoms with Gasteiger partial charge in [-0.25, -0.2) is 0 Å². The van der Waals surface area contributed by atoms with Crippen molar-refractivity contribution in [1.82, 2.24) is 0 Å². The molecular weight excluding hydrogens is 272 g/mol. The normalized spacial score (nSPS) is 9.71. The van der Waals surface area contributed by atoms with Gasteiger partial charge in [0.25, 0.3) is 5.69 Å². The summed E-state index contributed by atoms with van der Waals surface area (Å²) in [5.41, 5.74) is 3.62. The lowest BCUT2D eigenvalue weighted by molar-refractivity contribution is -0.384. The van der Waals surface area contributed by atoms with Crippen molar-refractivity contribution in [2.45, 2.75) is 6.61 Å². The van der Waals surface area contributed by atoms with E-state index in [0.29, 0.717) is 11.3 Å². The molecular formula is C14H12N4O3. The molecule has 0 radical (unpaired) electrons. The number of nitrogens with zero attached hydrogens (tertiary/aromatic N) is 2. The van der Waals surface area contributed by atoms with Gasteiger partial charge in [0.2, 0.25) is 0 Å². The maximum Gasteiger partial charge on any atom is 0.293 e. The van der Waals surface area contributed by atoms with Crippen LogP contribution in [0.15, 0.2) is 42.5 Å². The van der Waals surface area contributed by atoms with E-state index in [9.17, 15) is 10.1 Å². The van der Waals surface area contributed by atoms with Gasteiger partial charge in [0.05, 0.1) is 16.6 Å². The molecule has 7 heteroatoms. The average Bonchev–Trinajstić information content (AvgIpc) is 2.52. The number of ether oxygens (including phenoxy) is 1. The number of nitrogen functional groups attached to an aromatic ring is 1. The Morgan fingerprint density at radius 3 is 2.81 bits per heavy atom. The van der Waals surface area contributed by atoms with Crippen LogP contribution in [0.3, 0.4) is 0 Å². The fourth-order valence-corrected chi connectivity index (χ4v) is 1.77. The molecule has 2 aromatic rings. The monoisotopic (exact) mass is 284 g/mol. The second kappa shape index (κ2) is 6.36. The molecule has 2 aromatic carbocycles. The van der Waals surface area contributed by atoms with Crippen LogP contribution < -0.4 is 16.0 Å². The first kappa shape index (κ1) is 14.3. The van der Waals surface area contributed by atoms with Crippen LogP contribution in [0, 0.1) is 21.4 Å². The Morgan fingerprint density at radius 2 is 2.14 bits per heavy atom. The first-order valence-corrected chi connectivity index (χ1v) is 6.01. The molecule has 0 heterocycles. The Kier molecular flexibility index (Phi) is 4.33. The van der Waals surface area contributed by atoms with Crippen LogP contribution in [0.25, 0.3) is 0 Å². The zero-order chi connectivity index (χ0) is 15.2. The number of anilines is 1. The van der Waals surface area contributed by atoms with Crippen molar-refractivity contribution in [3.63, 3.8) is 0 Å². The molecule has 2 rings (SSSR count). The fourth-order valence-electron chi connectivity index (χ4n) is 1.77. The number of nitro benzene ring substituents is 1. The van der Waals surface area contributed by atoms with Gasteiger partial charge in [-0.15, -0.1) is 0 Å². The van der Waals surface area contributed by atoms with E-state index in [2.05, 4.69) is 5.43 Å². The minimum atomic E-state index is -0.518. The molecule has 0 atom stereocenters. The summed E-state index contributed by atoms with van der Waals surface area (Å²) < 4.78 is 5.54. The van der Waals surface area contributed by atoms with Gasteiger partial charge in [0.1, 0.15) is 18.0 Å². The average molecular weight is 284 g/mol. The number of nitrogens with two attached hydrogens (primary N) is 1. The van der Waals surface area contributed by atoms with E-state index in [1.54, 1.807) is 36.4 Å². The van der Waals surface area contributed by atoms with Crippen molar-refractivity contribution in [3.05, 3.63) is 63.7 Å². The van der Waals surface area contributed by atoms with Crippen molar-refractivity contribution < 1.29 is 9.66 Å². The highest BCUT2D eigenvalue weighted by Crippen LogP contribution is 2.25. The van der Waals surface area contributed by atoms with E-state index >= 15 is 0 Å². The van der Waals surface area contributed by atoms with E-state index in [4.69, 9.17) is 15.8 Å². The summed E-state index contributed by atoms with van der Waals surface area (Å²) >= 11 is 0. The van der Waals surface area contributed by atoms with E-state index in [-0.39, 0.29) is 18.0 Å². The van der Waals surface area contributed by atoms with Crippen LogP contribution in [0.4, 0.5) is 11.4 Å². The third-order valence-corrected chi connectivity index (χ3v) is 2.78. The smallest absolute Gasteiger partial charge is 0.293 e. The van der Waals surface area contributed by atoms with Crippen LogP contribution in [-0.2, 0) is 6.61 Å². The van der Waals surface area contributed by atoms with E-state index < -0.39 is 4.92 Å². The lowest BCUT2D eigenvalue weighted by atomic mass is 10.2. The van der Waals surface area contributed by atoms with Gasteiger partial charge >= 0.3 is 0 Å². The molecule has 3 N–H and O–H groups in total. The van der Waals surface area contributed by atoms with Gasteiger partial charge in [0.15, 0.2) is 0 Å². The Bertz CT molecular complexity index is 710. The first-order chi connectivity index (χ1) is 10.1. The van der Waals surface area contributed by atoms with Gasteiger partial charge in [-0.2, -0.15) is 5.26 Å². The number of nitriles is 1. The Hall–Kier alpha value is -3.11. The van der Waals surface area contributed by atoms with Crippen LogP contribution in [0.2, 0.25) is 0 Å². The molecule has 0 aliphatic rings. The summed E-state index contributed by atoms with van der Waals surface area (Å²) in [4.78, 5) is 10.3. The molecule has 7 nitrogen and oxygen atoms in total. The lowest BCUT2D eigenvalue weighted by Crippen LogP contribution is -2.09. The highest BCUT2D eigenvalue weighted by Gasteiger charge is 2.13. The number of hydrazine groups is 1. The molecule has 0 saturated carbocycles. The molecule has 0 aliphatic heterocycles. The van der Waals surface area contributed by atoms with Gasteiger partial charge in [-0.1, -0.05) is 6.07 Å². The van der Waals surface area contributed by atoms with Crippen molar-refractivity contribution in [2.24, 2.45) is 5.84 Å². The standard InChI is InChI=1S/C14H12N4O3/c15-8-10-2-1-3-12(6-10)21-9-11-4-5-14(18(19)20)13(7-11)17-16/h1-7,17H,9,16H2. The SMILES string of the molecule is N#Cc1cccc(OCc2ccc([N+](=O)[O-])c(NN)c2)c1. The lowest BCUT2D eigenvalue weighted by Gasteiger charge is -2.08. The third-order valence-electron chi connectivity index (χ3n) is 2.78. The number of nitrogens with one attached hydrogen (secondary N) is 1. The van der Waals surface area contributed by atoms with E-state index in [1.165, 1.54) is 6.07 Å². The van der Waals surface area contributed by atoms with E-state index in [1.807, 2.05) is 6.07 Å². The largest absolute Gasteiger partial charge is 0.489 e. The molecule has 0 aromatic heterocycles. The van der Waals surface area contributed by atoms with E-state index in [0.717, 1.165) is 5.56 Å². The number of hydrogen-bond donors (Lipinski definition) is 2. The molecule has 0 fully saturated rings. The summed E-state index contributed by atoms with van der Waals surface area (Å²) in [6, 6.07) is 13.3. The quantitative estimate of drug-likeness (QED) is 0.494. The maximum atomic E-state index is 10.8. The van der Waals surface area contributed by atoms with Crippen LogP contribution in [-0.4, -0.2) is 4.92 Å². The summed E-state index contributed by atoms with van der Waals surface area (Å²) in [6.07, 6.45) is 0. The predicted octanol–water partition coefficient (Wildman–Crippen LogP) is 2.33. The van der Waals surface area contributed by atoms with Crippen LogP contribution >= 0.6 is 0 Å². The first-order valence-electron chi connectivity index (χ1n) is 6.01. The highest BCUT2D eigenvalue weighted by atomic mass is 16.6. The van der Waals surface area contributed by atoms with Crippen molar-refractivity contribution in [2.75, 3.05) is 5.43 Å². The number of nitro groups is 1. The number of rotatable bonds is 5. The molecule has 0 bridgehead atoms.